The van der Waals surface area contributed by atoms with E-state index in [2.05, 4.69) is 5.10 Å². The highest BCUT2D eigenvalue weighted by Gasteiger charge is 2.29. The smallest absolute Gasteiger partial charge is 0.129 e. The number of hydrogen-bond acceptors (Lipinski definition) is 3. The summed E-state index contributed by atoms with van der Waals surface area (Å²) in [6.45, 7) is 1.99. The highest BCUT2D eigenvalue weighted by molar-refractivity contribution is 6.30. The maximum atomic E-state index is 6.23. The molecule has 3 rings (SSSR count). The van der Waals surface area contributed by atoms with Crippen LogP contribution in [0, 0.1) is 6.92 Å². The second-order valence-electron chi connectivity index (χ2n) is 4.97. The van der Waals surface area contributed by atoms with E-state index in [0.29, 0.717) is 5.02 Å². The lowest BCUT2D eigenvalue weighted by atomic mass is 9.94. The molecule has 4 nitrogen and oxygen atoms in total. The van der Waals surface area contributed by atoms with Crippen molar-refractivity contribution >= 4 is 11.6 Å². The summed E-state index contributed by atoms with van der Waals surface area (Å²) in [5.74, 6) is 0.816. The molecule has 5 heteroatoms. The van der Waals surface area contributed by atoms with E-state index in [4.69, 9.17) is 22.1 Å². The minimum absolute atomic E-state index is 0.0441. The molecule has 2 aromatic rings. The molecule has 0 radical (unpaired) electrons. The summed E-state index contributed by atoms with van der Waals surface area (Å²) in [5.41, 5.74) is 9.29. The van der Waals surface area contributed by atoms with Crippen molar-refractivity contribution in [2.24, 2.45) is 12.8 Å². The average Bonchev–Trinajstić information content (AvgIpc) is 2.69. The standard InChI is InChI=1S/C14H16ClN3O/c1-8-11(7-18(2)17-8)14-6-12(16)10-5-9(15)3-4-13(10)19-14/h3-5,7,12,14H,6,16H2,1-2H3/t12-,14?/m1/s1. The third kappa shape index (κ3) is 2.22. The van der Waals surface area contributed by atoms with E-state index in [1.165, 1.54) is 0 Å². The van der Waals surface area contributed by atoms with Crippen molar-refractivity contribution in [3.8, 4) is 5.75 Å². The van der Waals surface area contributed by atoms with Crippen molar-refractivity contribution in [1.82, 2.24) is 9.78 Å². The van der Waals surface area contributed by atoms with Crippen LogP contribution in [0.1, 0.15) is 35.4 Å². The number of ether oxygens (including phenoxy) is 1. The topological polar surface area (TPSA) is 53.1 Å². The second-order valence-corrected chi connectivity index (χ2v) is 5.41. The quantitative estimate of drug-likeness (QED) is 0.872. The minimum Gasteiger partial charge on any atom is -0.485 e. The lowest BCUT2D eigenvalue weighted by molar-refractivity contribution is 0.161. The molecule has 2 N–H and O–H groups in total. The number of halogens is 1. The Hall–Kier alpha value is -1.52. The van der Waals surface area contributed by atoms with Gasteiger partial charge >= 0.3 is 0 Å². The van der Waals surface area contributed by atoms with Gasteiger partial charge in [0.05, 0.1) is 5.69 Å². The Kier molecular flexibility index (Phi) is 2.99. The van der Waals surface area contributed by atoms with Gasteiger partial charge in [0, 0.05) is 41.9 Å². The van der Waals surface area contributed by atoms with Crippen LogP contribution >= 0.6 is 11.6 Å². The molecular weight excluding hydrogens is 262 g/mol. The van der Waals surface area contributed by atoms with Gasteiger partial charge in [-0.15, -0.1) is 0 Å². The zero-order valence-corrected chi connectivity index (χ0v) is 11.7. The fourth-order valence-corrected chi connectivity index (χ4v) is 2.78. The molecule has 0 saturated heterocycles. The zero-order chi connectivity index (χ0) is 13.6. The lowest BCUT2D eigenvalue weighted by Gasteiger charge is -2.30. The number of aryl methyl sites for hydroxylation is 2. The molecule has 0 fully saturated rings. The number of benzene rings is 1. The van der Waals surface area contributed by atoms with Crippen LogP contribution in [0.3, 0.4) is 0 Å². The van der Waals surface area contributed by atoms with E-state index in [-0.39, 0.29) is 12.1 Å². The molecule has 1 unspecified atom stereocenters. The average molecular weight is 278 g/mol. The first-order valence-electron chi connectivity index (χ1n) is 6.26. The van der Waals surface area contributed by atoms with Gasteiger partial charge in [0.1, 0.15) is 11.9 Å². The maximum absolute atomic E-state index is 6.23. The molecule has 0 bridgehead atoms. The van der Waals surface area contributed by atoms with Gasteiger partial charge in [-0.1, -0.05) is 11.6 Å². The molecule has 0 amide bonds. The molecule has 2 atom stereocenters. The van der Waals surface area contributed by atoms with E-state index in [1.54, 1.807) is 4.68 Å². The first-order chi connectivity index (χ1) is 9.04. The Morgan fingerprint density at radius 3 is 2.89 bits per heavy atom. The third-order valence-corrected chi connectivity index (χ3v) is 3.74. The Balaban J connectivity index is 1.97. The summed E-state index contributed by atoms with van der Waals surface area (Å²) in [4.78, 5) is 0. The Morgan fingerprint density at radius 2 is 2.21 bits per heavy atom. The molecule has 0 saturated carbocycles. The number of hydrogen-bond donors (Lipinski definition) is 1. The number of aromatic nitrogens is 2. The van der Waals surface area contributed by atoms with E-state index in [0.717, 1.165) is 29.0 Å². The summed E-state index contributed by atoms with van der Waals surface area (Å²) in [5, 5.41) is 5.04. The number of fused-ring (bicyclic) bond motifs is 1. The normalized spacial score (nSPS) is 21.9. The van der Waals surface area contributed by atoms with E-state index >= 15 is 0 Å². The Bertz CT molecular complexity index is 623. The zero-order valence-electron chi connectivity index (χ0n) is 10.9. The molecule has 2 heterocycles. The lowest BCUT2D eigenvalue weighted by Crippen LogP contribution is -2.24. The van der Waals surface area contributed by atoms with E-state index < -0.39 is 0 Å². The van der Waals surface area contributed by atoms with E-state index in [9.17, 15) is 0 Å². The molecule has 1 aromatic carbocycles. The third-order valence-electron chi connectivity index (χ3n) is 3.51. The van der Waals surface area contributed by atoms with Gasteiger partial charge < -0.3 is 10.5 Å². The van der Waals surface area contributed by atoms with Gasteiger partial charge in [-0.25, -0.2) is 0 Å². The summed E-state index contributed by atoms with van der Waals surface area (Å²) < 4.78 is 7.85. The molecule has 1 aliphatic rings. The van der Waals surface area contributed by atoms with Crippen LogP contribution in [-0.2, 0) is 7.05 Å². The van der Waals surface area contributed by atoms with Crippen molar-refractivity contribution in [2.45, 2.75) is 25.5 Å². The fraction of sp³-hybridized carbons (Fsp3) is 0.357. The summed E-state index contributed by atoms with van der Waals surface area (Å²) in [7, 11) is 1.91. The number of nitrogens with zero attached hydrogens (tertiary/aromatic N) is 2. The van der Waals surface area contributed by atoms with E-state index in [1.807, 2.05) is 38.4 Å². The monoisotopic (exact) mass is 277 g/mol. The van der Waals surface area contributed by atoms with Gasteiger partial charge in [0.15, 0.2) is 0 Å². The Labute approximate surface area is 117 Å². The largest absolute Gasteiger partial charge is 0.485 e. The van der Waals surface area contributed by atoms with Gasteiger partial charge in [0.25, 0.3) is 0 Å². The molecule has 0 aliphatic carbocycles. The van der Waals surface area contributed by atoms with Crippen LogP contribution < -0.4 is 10.5 Å². The van der Waals surface area contributed by atoms with Gasteiger partial charge in [-0.05, 0) is 25.1 Å². The Morgan fingerprint density at radius 1 is 1.42 bits per heavy atom. The summed E-state index contributed by atoms with van der Waals surface area (Å²) >= 11 is 6.00. The molecule has 100 valence electrons. The van der Waals surface area contributed by atoms with Crippen LogP contribution in [0.4, 0.5) is 0 Å². The second kappa shape index (κ2) is 4.54. The first-order valence-corrected chi connectivity index (χ1v) is 6.64. The fourth-order valence-electron chi connectivity index (χ4n) is 2.60. The van der Waals surface area contributed by atoms with Crippen molar-refractivity contribution < 1.29 is 4.74 Å². The molecule has 1 aromatic heterocycles. The van der Waals surface area contributed by atoms with Gasteiger partial charge in [-0.3, -0.25) is 4.68 Å². The molecular formula is C14H16ClN3O. The van der Waals surface area contributed by atoms with Crippen LogP contribution in [0.5, 0.6) is 5.75 Å². The maximum Gasteiger partial charge on any atom is 0.129 e. The summed E-state index contributed by atoms with van der Waals surface area (Å²) in [6.07, 6.45) is 2.69. The van der Waals surface area contributed by atoms with Crippen molar-refractivity contribution in [1.29, 1.82) is 0 Å². The predicted octanol–water partition coefficient (Wildman–Crippen LogP) is 2.91. The summed E-state index contributed by atoms with van der Waals surface area (Å²) in [6, 6.07) is 5.53. The highest BCUT2D eigenvalue weighted by Crippen LogP contribution is 2.41. The molecule has 1 aliphatic heterocycles. The SMILES string of the molecule is Cc1nn(C)cc1C1C[C@@H](N)c2cc(Cl)ccc2O1. The number of rotatable bonds is 1. The van der Waals surface area contributed by atoms with Crippen LogP contribution in [0.15, 0.2) is 24.4 Å². The number of nitrogens with two attached hydrogens (primary N) is 1. The minimum atomic E-state index is -0.0629. The van der Waals surface area contributed by atoms with Crippen molar-refractivity contribution in [2.75, 3.05) is 0 Å². The predicted molar refractivity (Wildman–Crippen MR) is 74.3 cm³/mol. The van der Waals surface area contributed by atoms with Gasteiger partial charge in [0.2, 0.25) is 0 Å². The van der Waals surface area contributed by atoms with Crippen LogP contribution in [0.2, 0.25) is 5.02 Å². The highest BCUT2D eigenvalue weighted by atomic mass is 35.5. The molecule has 19 heavy (non-hydrogen) atoms. The van der Waals surface area contributed by atoms with Crippen molar-refractivity contribution in [3.05, 3.63) is 46.2 Å². The molecule has 0 spiro atoms. The van der Waals surface area contributed by atoms with Gasteiger partial charge in [-0.2, -0.15) is 5.10 Å². The first kappa shape index (κ1) is 12.5. The van der Waals surface area contributed by atoms with Crippen molar-refractivity contribution in [3.63, 3.8) is 0 Å². The van der Waals surface area contributed by atoms with Crippen LogP contribution in [-0.4, -0.2) is 9.78 Å². The van der Waals surface area contributed by atoms with Crippen LogP contribution in [0.25, 0.3) is 0 Å².